The number of rotatable bonds is 3. The lowest BCUT2D eigenvalue weighted by Crippen LogP contribution is -2.18. The molecule has 0 unspecified atom stereocenters. The average Bonchev–Trinajstić information content (AvgIpc) is 2.50. The Labute approximate surface area is 137 Å². The first-order valence-corrected chi connectivity index (χ1v) is 7.86. The molecule has 0 spiro atoms. The number of carbonyl (C=O) groups is 1. The largest absolute Gasteiger partial charge is 0.486 e. The van der Waals surface area contributed by atoms with Crippen molar-refractivity contribution in [3.63, 3.8) is 0 Å². The molecule has 0 aliphatic carbocycles. The fourth-order valence-electron chi connectivity index (χ4n) is 2.34. The second-order valence-electron chi connectivity index (χ2n) is 5.13. The molecule has 1 N–H and O–H groups in total. The highest BCUT2D eigenvalue weighted by molar-refractivity contribution is 9.10. The van der Waals surface area contributed by atoms with Crippen LogP contribution in [0.3, 0.4) is 0 Å². The minimum Gasteiger partial charge on any atom is -0.486 e. The predicted molar refractivity (Wildman–Crippen MR) is 88.6 cm³/mol. The maximum absolute atomic E-state index is 12.3. The number of ether oxygens (including phenoxy) is 2. The van der Waals surface area contributed by atoms with Crippen molar-refractivity contribution in [2.24, 2.45) is 0 Å². The smallest absolute Gasteiger partial charge is 0.228 e. The first-order valence-electron chi connectivity index (χ1n) is 7.07. The number of benzene rings is 2. The van der Waals surface area contributed by atoms with Crippen molar-refractivity contribution in [1.82, 2.24) is 0 Å². The zero-order valence-electron chi connectivity index (χ0n) is 12.2. The van der Waals surface area contributed by atoms with E-state index >= 15 is 0 Å². The van der Waals surface area contributed by atoms with Gasteiger partial charge in [0.1, 0.15) is 13.2 Å². The summed E-state index contributed by atoms with van der Waals surface area (Å²) in [4.78, 5) is 12.3. The molecule has 0 radical (unpaired) electrons. The van der Waals surface area contributed by atoms with Crippen LogP contribution in [-0.2, 0) is 11.2 Å². The highest BCUT2D eigenvalue weighted by atomic mass is 79.9. The summed E-state index contributed by atoms with van der Waals surface area (Å²) < 4.78 is 11.8. The van der Waals surface area contributed by atoms with E-state index in [-0.39, 0.29) is 5.91 Å². The van der Waals surface area contributed by atoms with Gasteiger partial charge in [-0.1, -0.05) is 24.3 Å². The van der Waals surface area contributed by atoms with Gasteiger partial charge in [-0.05, 0) is 34.0 Å². The van der Waals surface area contributed by atoms with E-state index in [4.69, 9.17) is 9.47 Å². The van der Waals surface area contributed by atoms with Crippen LogP contribution < -0.4 is 14.8 Å². The van der Waals surface area contributed by atoms with E-state index < -0.39 is 0 Å². The van der Waals surface area contributed by atoms with Gasteiger partial charge in [-0.3, -0.25) is 4.79 Å². The van der Waals surface area contributed by atoms with E-state index in [1.165, 1.54) is 0 Å². The normalized spacial score (nSPS) is 12.8. The molecule has 1 heterocycles. The van der Waals surface area contributed by atoms with E-state index in [0.29, 0.717) is 36.8 Å². The first-order chi connectivity index (χ1) is 10.6. The quantitative estimate of drug-likeness (QED) is 0.906. The van der Waals surface area contributed by atoms with Crippen molar-refractivity contribution >= 4 is 27.5 Å². The second-order valence-corrected chi connectivity index (χ2v) is 5.98. The van der Waals surface area contributed by atoms with Crippen LogP contribution in [0, 0.1) is 6.92 Å². The molecule has 114 valence electrons. The fourth-order valence-corrected chi connectivity index (χ4v) is 2.76. The number of amides is 1. The Hall–Kier alpha value is -2.01. The lowest BCUT2D eigenvalue weighted by Gasteiger charge is -2.20. The summed E-state index contributed by atoms with van der Waals surface area (Å²) in [6.07, 6.45) is 0.341. The molecule has 3 rings (SSSR count). The molecule has 22 heavy (non-hydrogen) atoms. The van der Waals surface area contributed by atoms with Gasteiger partial charge in [0.15, 0.2) is 11.5 Å². The number of hydrogen-bond donors (Lipinski definition) is 1. The molecule has 1 aliphatic rings. The van der Waals surface area contributed by atoms with Gasteiger partial charge in [0.25, 0.3) is 0 Å². The van der Waals surface area contributed by atoms with E-state index in [1.54, 1.807) is 6.07 Å². The van der Waals surface area contributed by atoms with Crippen LogP contribution in [0.2, 0.25) is 0 Å². The minimum absolute atomic E-state index is 0.0633. The van der Waals surface area contributed by atoms with Crippen LogP contribution in [0.15, 0.2) is 40.9 Å². The van der Waals surface area contributed by atoms with Gasteiger partial charge in [0.05, 0.1) is 12.1 Å². The van der Waals surface area contributed by atoms with Crippen molar-refractivity contribution < 1.29 is 14.3 Å². The molecule has 2 aromatic rings. The number of fused-ring (bicyclic) bond motifs is 1. The van der Waals surface area contributed by atoms with Crippen molar-refractivity contribution in [2.45, 2.75) is 13.3 Å². The highest BCUT2D eigenvalue weighted by Gasteiger charge is 2.16. The third-order valence-corrected chi connectivity index (χ3v) is 4.17. The Morgan fingerprint density at radius 1 is 1.18 bits per heavy atom. The summed E-state index contributed by atoms with van der Waals surface area (Å²) in [7, 11) is 0. The van der Waals surface area contributed by atoms with Gasteiger partial charge >= 0.3 is 0 Å². The Kier molecular flexibility index (Phi) is 4.34. The molecule has 0 atom stereocenters. The zero-order valence-corrected chi connectivity index (χ0v) is 13.8. The van der Waals surface area contributed by atoms with Gasteiger partial charge < -0.3 is 14.8 Å². The molecule has 5 heteroatoms. The summed E-state index contributed by atoms with van der Waals surface area (Å²) in [5, 5.41) is 2.91. The molecule has 2 aromatic carbocycles. The van der Waals surface area contributed by atoms with Crippen LogP contribution in [0.1, 0.15) is 11.1 Å². The topological polar surface area (TPSA) is 47.6 Å². The van der Waals surface area contributed by atoms with Crippen molar-refractivity contribution in [2.75, 3.05) is 18.5 Å². The van der Waals surface area contributed by atoms with E-state index in [9.17, 15) is 4.79 Å². The number of halogens is 1. The Bertz CT molecular complexity index is 715. The molecular formula is C17H16BrNO3. The minimum atomic E-state index is -0.0633. The van der Waals surface area contributed by atoms with E-state index in [0.717, 1.165) is 15.6 Å². The summed E-state index contributed by atoms with van der Waals surface area (Å²) in [5.41, 5.74) is 2.82. The van der Waals surface area contributed by atoms with Crippen LogP contribution in [-0.4, -0.2) is 19.1 Å². The number of nitrogens with one attached hydrogen (secondary N) is 1. The molecule has 0 bridgehead atoms. The molecular weight excluding hydrogens is 346 g/mol. The van der Waals surface area contributed by atoms with Gasteiger partial charge in [-0.25, -0.2) is 0 Å². The third kappa shape index (κ3) is 3.25. The maximum Gasteiger partial charge on any atom is 0.228 e. The molecule has 0 saturated heterocycles. The zero-order chi connectivity index (χ0) is 15.5. The number of carbonyl (C=O) groups excluding carboxylic acids is 1. The van der Waals surface area contributed by atoms with Gasteiger partial charge in [0.2, 0.25) is 5.91 Å². The molecule has 4 nitrogen and oxygen atoms in total. The standard InChI is InChI=1S/C17H16BrNO3/c1-11-4-2-3-5-12(11)8-17(20)19-14-10-16-15(9-13(14)18)21-6-7-22-16/h2-5,9-10H,6-8H2,1H3,(H,19,20). The van der Waals surface area contributed by atoms with Crippen molar-refractivity contribution in [3.8, 4) is 11.5 Å². The lowest BCUT2D eigenvalue weighted by atomic mass is 10.1. The van der Waals surface area contributed by atoms with E-state index in [1.807, 2.05) is 37.3 Å². The number of hydrogen-bond acceptors (Lipinski definition) is 3. The van der Waals surface area contributed by atoms with E-state index in [2.05, 4.69) is 21.2 Å². The monoisotopic (exact) mass is 361 g/mol. The molecule has 1 aliphatic heterocycles. The number of aryl methyl sites for hydroxylation is 1. The third-order valence-electron chi connectivity index (χ3n) is 3.52. The van der Waals surface area contributed by atoms with Gasteiger partial charge in [-0.15, -0.1) is 0 Å². The second kappa shape index (κ2) is 6.40. The van der Waals surface area contributed by atoms with Crippen molar-refractivity contribution in [3.05, 3.63) is 52.0 Å². The summed E-state index contributed by atoms with van der Waals surface area (Å²) in [5.74, 6) is 1.28. The summed E-state index contributed by atoms with van der Waals surface area (Å²) >= 11 is 3.45. The van der Waals surface area contributed by atoms with Crippen LogP contribution >= 0.6 is 15.9 Å². The Balaban J connectivity index is 1.75. The van der Waals surface area contributed by atoms with Crippen LogP contribution in [0.25, 0.3) is 0 Å². The molecule has 0 aromatic heterocycles. The summed E-state index contributed by atoms with van der Waals surface area (Å²) in [6.45, 7) is 3.06. The fraction of sp³-hybridized carbons (Fsp3) is 0.235. The van der Waals surface area contributed by atoms with Gasteiger partial charge in [-0.2, -0.15) is 0 Å². The summed E-state index contributed by atoms with van der Waals surface area (Å²) in [6, 6.07) is 11.5. The predicted octanol–water partition coefficient (Wildman–Crippen LogP) is 3.71. The first kappa shape index (κ1) is 14.9. The van der Waals surface area contributed by atoms with Crippen molar-refractivity contribution in [1.29, 1.82) is 0 Å². The van der Waals surface area contributed by atoms with Crippen LogP contribution in [0.5, 0.6) is 11.5 Å². The Morgan fingerprint density at radius 2 is 1.86 bits per heavy atom. The van der Waals surface area contributed by atoms with Gasteiger partial charge in [0, 0.05) is 16.6 Å². The van der Waals surface area contributed by atoms with Crippen LogP contribution in [0.4, 0.5) is 5.69 Å². The SMILES string of the molecule is Cc1ccccc1CC(=O)Nc1cc2c(cc1Br)OCCO2. The Morgan fingerprint density at radius 3 is 2.59 bits per heavy atom. The molecule has 0 saturated carbocycles. The number of anilines is 1. The molecule has 0 fully saturated rings. The molecule has 1 amide bonds. The maximum atomic E-state index is 12.3. The highest BCUT2D eigenvalue weighted by Crippen LogP contribution is 2.38. The average molecular weight is 362 g/mol. The lowest BCUT2D eigenvalue weighted by molar-refractivity contribution is -0.115.